The highest BCUT2D eigenvalue weighted by molar-refractivity contribution is 7.89. The zero-order valence-electron chi connectivity index (χ0n) is 11.3. The van der Waals surface area contributed by atoms with E-state index in [9.17, 15) is 13.2 Å². The molecule has 0 heterocycles. The molecule has 5 heteroatoms. The van der Waals surface area contributed by atoms with Gasteiger partial charge in [0.1, 0.15) is 0 Å². The zero-order valence-corrected chi connectivity index (χ0v) is 12.1. The quantitative estimate of drug-likeness (QED) is 0.872. The van der Waals surface area contributed by atoms with Gasteiger partial charge in [0.25, 0.3) is 15.9 Å². The summed E-state index contributed by atoms with van der Waals surface area (Å²) in [5.41, 5.74) is 1.35. The van der Waals surface area contributed by atoms with Gasteiger partial charge >= 0.3 is 0 Å². The maximum Gasteiger partial charge on any atom is 0.267 e. The minimum atomic E-state index is -3.81. The van der Waals surface area contributed by atoms with Crippen LogP contribution in [-0.4, -0.2) is 25.7 Å². The fourth-order valence-electron chi connectivity index (χ4n) is 1.74. The molecule has 2 aromatic rings. The second kappa shape index (κ2) is 5.46. The van der Waals surface area contributed by atoms with E-state index in [4.69, 9.17) is 0 Å². The molecule has 0 aliphatic carbocycles. The van der Waals surface area contributed by atoms with E-state index >= 15 is 0 Å². The molecule has 0 aromatic heterocycles. The molecule has 0 N–H and O–H groups in total. The molecule has 2 aromatic carbocycles. The van der Waals surface area contributed by atoms with Crippen LogP contribution in [0.3, 0.4) is 0 Å². The van der Waals surface area contributed by atoms with Crippen LogP contribution in [0.15, 0.2) is 59.5 Å². The summed E-state index contributed by atoms with van der Waals surface area (Å²) < 4.78 is 25.4. The fourth-order valence-corrected chi connectivity index (χ4v) is 2.88. The van der Waals surface area contributed by atoms with E-state index in [0.29, 0.717) is 5.56 Å². The van der Waals surface area contributed by atoms with Crippen molar-refractivity contribution in [1.82, 2.24) is 4.31 Å². The Labute approximate surface area is 118 Å². The Bertz CT molecular complexity index is 707. The van der Waals surface area contributed by atoms with Crippen LogP contribution in [0.2, 0.25) is 0 Å². The Morgan fingerprint density at radius 2 is 1.50 bits per heavy atom. The largest absolute Gasteiger partial charge is 0.268 e. The molecular formula is C15H15NO3S. The average molecular weight is 289 g/mol. The number of carbonyl (C=O) groups excluding carboxylic acids is 1. The summed E-state index contributed by atoms with van der Waals surface area (Å²) in [6, 6.07) is 14.7. The van der Waals surface area contributed by atoms with Crippen molar-refractivity contribution in [3.63, 3.8) is 0 Å². The molecule has 20 heavy (non-hydrogen) atoms. The van der Waals surface area contributed by atoms with E-state index in [-0.39, 0.29) is 4.90 Å². The topological polar surface area (TPSA) is 54.5 Å². The predicted molar refractivity (Wildman–Crippen MR) is 76.9 cm³/mol. The van der Waals surface area contributed by atoms with Gasteiger partial charge in [0.05, 0.1) is 4.90 Å². The van der Waals surface area contributed by atoms with Gasteiger partial charge in [-0.2, -0.15) is 0 Å². The predicted octanol–water partition coefficient (Wildman–Crippen LogP) is 2.46. The lowest BCUT2D eigenvalue weighted by Gasteiger charge is -2.17. The number of amides is 1. The van der Waals surface area contributed by atoms with Crippen LogP contribution >= 0.6 is 0 Å². The SMILES string of the molecule is Cc1ccc(C(=O)N(C)S(=O)(=O)c2ccccc2)cc1. The molecule has 0 unspecified atom stereocenters. The Hall–Kier alpha value is -2.14. The molecule has 0 spiro atoms. The van der Waals surface area contributed by atoms with E-state index in [1.807, 2.05) is 6.92 Å². The van der Waals surface area contributed by atoms with E-state index in [2.05, 4.69) is 0 Å². The third-order valence-corrected chi connectivity index (χ3v) is 4.74. The van der Waals surface area contributed by atoms with E-state index in [1.54, 1.807) is 42.5 Å². The van der Waals surface area contributed by atoms with Crippen LogP contribution in [0.25, 0.3) is 0 Å². The molecular weight excluding hydrogens is 274 g/mol. The molecule has 4 nitrogen and oxygen atoms in total. The van der Waals surface area contributed by atoms with Gasteiger partial charge in [-0.3, -0.25) is 4.79 Å². The molecule has 0 fully saturated rings. The number of benzene rings is 2. The molecule has 0 bridgehead atoms. The van der Waals surface area contributed by atoms with Crippen LogP contribution in [0.4, 0.5) is 0 Å². The summed E-state index contributed by atoms with van der Waals surface area (Å²) in [6.07, 6.45) is 0. The summed E-state index contributed by atoms with van der Waals surface area (Å²) in [7, 11) is -2.54. The molecule has 2 rings (SSSR count). The number of sulfonamides is 1. The second-order valence-corrected chi connectivity index (χ2v) is 6.43. The molecule has 0 radical (unpaired) electrons. The van der Waals surface area contributed by atoms with Crippen LogP contribution in [0.5, 0.6) is 0 Å². The van der Waals surface area contributed by atoms with Gasteiger partial charge in [-0.25, -0.2) is 12.7 Å². The van der Waals surface area contributed by atoms with Gasteiger partial charge in [-0.15, -0.1) is 0 Å². The van der Waals surface area contributed by atoms with Gasteiger partial charge in [0.2, 0.25) is 0 Å². The van der Waals surface area contributed by atoms with Gasteiger partial charge in [-0.05, 0) is 31.2 Å². The lowest BCUT2D eigenvalue weighted by molar-refractivity contribution is 0.0883. The average Bonchev–Trinajstić information content (AvgIpc) is 2.47. The Morgan fingerprint density at radius 3 is 2.05 bits per heavy atom. The van der Waals surface area contributed by atoms with Crippen molar-refractivity contribution in [2.24, 2.45) is 0 Å². The third-order valence-electron chi connectivity index (χ3n) is 2.99. The van der Waals surface area contributed by atoms with Crippen molar-refractivity contribution in [1.29, 1.82) is 0 Å². The lowest BCUT2D eigenvalue weighted by Crippen LogP contribution is -2.33. The van der Waals surface area contributed by atoms with Gasteiger partial charge in [-0.1, -0.05) is 35.9 Å². The summed E-state index contributed by atoms with van der Waals surface area (Å²) in [6.45, 7) is 1.90. The first kappa shape index (κ1) is 14.3. The van der Waals surface area contributed by atoms with Crippen LogP contribution in [-0.2, 0) is 10.0 Å². The minimum Gasteiger partial charge on any atom is -0.268 e. The number of carbonyl (C=O) groups is 1. The van der Waals surface area contributed by atoms with Crippen molar-refractivity contribution in [3.05, 3.63) is 65.7 Å². The van der Waals surface area contributed by atoms with Crippen molar-refractivity contribution in [2.45, 2.75) is 11.8 Å². The van der Waals surface area contributed by atoms with E-state index < -0.39 is 15.9 Å². The molecule has 0 saturated carbocycles. The first-order chi connectivity index (χ1) is 9.43. The van der Waals surface area contributed by atoms with Crippen LogP contribution < -0.4 is 0 Å². The molecule has 104 valence electrons. The van der Waals surface area contributed by atoms with Gasteiger partial charge < -0.3 is 0 Å². The van der Waals surface area contributed by atoms with Gasteiger partial charge in [0.15, 0.2) is 0 Å². The van der Waals surface area contributed by atoms with Crippen LogP contribution in [0.1, 0.15) is 15.9 Å². The minimum absolute atomic E-state index is 0.1000. The first-order valence-corrected chi connectivity index (χ1v) is 7.52. The van der Waals surface area contributed by atoms with Crippen molar-refractivity contribution < 1.29 is 13.2 Å². The summed E-state index contributed by atoms with van der Waals surface area (Å²) in [5.74, 6) is -0.547. The first-order valence-electron chi connectivity index (χ1n) is 6.08. The highest BCUT2D eigenvalue weighted by Gasteiger charge is 2.25. The molecule has 1 amide bonds. The van der Waals surface area contributed by atoms with Gasteiger partial charge in [0, 0.05) is 12.6 Å². The normalized spacial score (nSPS) is 11.1. The third kappa shape index (κ3) is 2.72. The number of nitrogens with zero attached hydrogens (tertiary/aromatic N) is 1. The van der Waals surface area contributed by atoms with Crippen molar-refractivity contribution in [3.8, 4) is 0 Å². The number of aryl methyl sites for hydroxylation is 1. The van der Waals surface area contributed by atoms with Crippen LogP contribution in [0, 0.1) is 6.92 Å². The number of hydrogen-bond donors (Lipinski definition) is 0. The zero-order chi connectivity index (χ0) is 14.8. The van der Waals surface area contributed by atoms with Crippen molar-refractivity contribution >= 4 is 15.9 Å². The van der Waals surface area contributed by atoms with E-state index in [0.717, 1.165) is 9.87 Å². The number of hydrogen-bond acceptors (Lipinski definition) is 3. The Kier molecular flexibility index (Phi) is 3.90. The fraction of sp³-hybridized carbons (Fsp3) is 0.133. The van der Waals surface area contributed by atoms with Crippen molar-refractivity contribution in [2.75, 3.05) is 7.05 Å². The lowest BCUT2D eigenvalue weighted by atomic mass is 10.1. The Balaban J connectivity index is 2.33. The summed E-state index contributed by atoms with van der Waals surface area (Å²) >= 11 is 0. The summed E-state index contributed by atoms with van der Waals surface area (Å²) in [5, 5.41) is 0. The highest BCUT2D eigenvalue weighted by atomic mass is 32.2. The molecule has 0 atom stereocenters. The maximum absolute atomic E-state index is 12.3. The molecule has 0 aliphatic rings. The monoisotopic (exact) mass is 289 g/mol. The van der Waals surface area contributed by atoms with E-state index in [1.165, 1.54) is 19.2 Å². The molecule has 0 aliphatic heterocycles. The maximum atomic E-state index is 12.3. The second-order valence-electron chi connectivity index (χ2n) is 4.46. The Morgan fingerprint density at radius 1 is 0.950 bits per heavy atom. The smallest absolute Gasteiger partial charge is 0.267 e. The molecule has 0 saturated heterocycles. The summed E-state index contributed by atoms with van der Waals surface area (Å²) in [4.78, 5) is 12.3. The standard InChI is InChI=1S/C15H15NO3S/c1-12-8-10-13(11-9-12)15(17)16(2)20(18,19)14-6-4-3-5-7-14/h3-11H,1-2H3. The highest BCUT2D eigenvalue weighted by Crippen LogP contribution is 2.16. The number of rotatable bonds is 3.